The highest BCUT2D eigenvalue weighted by Crippen LogP contribution is 1.94. The zero-order chi connectivity index (χ0) is 16.0. The van der Waals surface area contributed by atoms with Gasteiger partial charge in [-0.25, -0.2) is 4.79 Å². The Labute approximate surface area is 121 Å². The maximum absolute atomic E-state index is 10.6. The molecule has 0 amide bonds. The lowest BCUT2D eigenvalue weighted by Gasteiger charge is -2.18. The van der Waals surface area contributed by atoms with Gasteiger partial charge in [0.25, 0.3) is 0 Å². The summed E-state index contributed by atoms with van der Waals surface area (Å²) < 4.78 is 4.83. The van der Waals surface area contributed by atoms with Gasteiger partial charge in [-0.1, -0.05) is 6.58 Å². The van der Waals surface area contributed by atoms with Crippen molar-refractivity contribution in [3.8, 4) is 0 Å². The van der Waals surface area contributed by atoms with E-state index in [1.54, 1.807) is 16.7 Å². The quantitative estimate of drug-likeness (QED) is 0.282. The van der Waals surface area contributed by atoms with Gasteiger partial charge < -0.3 is 20.1 Å². The first-order chi connectivity index (χ1) is 9.42. The van der Waals surface area contributed by atoms with Crippen LogP contribution in [0.4, 0.5) is 0 Å². The minimum atomic E-state index is -0.388. The maximum atomic E-state index is 10.6. The second kappa shape index (κ2) is 14.4. The Hall–Kier alpha value is -0.990. The number of esters is 1. The minimum absolute atomic E-state index is 0.0694. The summed E-state index contributed by atoms with van der Waals surface area (Å²) in [7, 11) is 3.67. The summed E-state index contributed by atoms with van der Waals surface area (Å²) in [5.41, 5.74) is 0. The number of hydrogen-bond donors (Lipinski definition) is 3. The molecule has 0 aliphatic carbocycles. The van der Waals surface area contributed by atoms with Crippen LogP contribution in [0.5, 0.6) is 0 Å². The third-order valence-corrected chi connectivity index (χ3v) is 2.43. The molecule has 0 aliphatic rings. The number of carbonyl (C=O) groups excluding carboxylic acids is 1. The molecule has 0 rings (SSSR count). The molecule has 0 aromatic carbocycles. The molecule has 0 saturated heterocycles. The molecule has 0 radical (unpaired) electrons. The molecule has 1 unspecified atom stereocenters. The van der Waals surface area contributed by atoms with Gasteiger partial charge in [-0.3, -0.25) is 9.80 Å². The van der Waals surface area contributed by atoms with Crippen LogP contribution in [0, 0.1) is 0 Å². The van der Waals surface area contributed by atoms with E-state index in [1.165, 1.54) is 0 Å². The van der Waals surface area contributed by atoms with E-state index < -0.39 is 0 Å². The van der Waals surface area contributed by atoms with Crippen LogP contribution >= 0.6 is 0 Å². The predicted octanol–water partition coefficient (Wildman–Crippen LogP) is -1.11. The van der Waals surface area contributed by atoms with Crippen LogP contribution in [0.1, 0.15) is 6.92 Å². The molecular weight excluding hydrogens is 264 g/mol. The topological polar surface area (TPSA) is 93.5 Å². The monoisotopic (exact) mass is 292 g/mol. The van der Waals surface area contributed by atoms with Crippen molar-refractivity contribution < 1.29 is 24.9 Å². The number of carbonyl (C=O) groups is 1. The van der Waals surface area contributed by atoms with E-state index in [9.17, 15) is 4.79 Å². The summed E-state index contributed by atoms with van der Waals surface area (Å²) in [6.07, 6.45) is 0.963. The highest BCUT2D eigenvalue weighted by molar-refractivity contribution is 5.81. The smallest absolute Gasteiger partial charge is 0.331 e. The Bertz CT molecular complexity index is 235. The zero-order valence-corrected chi connectivity index (χ0v) is 12.7. The molecule has 1 atom stereocenters. The predicted molar refractivity (Wildman–Crippen MR) is 77.1 cm³/mol. The lowest BCUT2D eigenvalue weighted by molar-refractivity contribution is -0.149. The Morgan fingerprint density at radius 2 is 1.55 bits per heavy atom. The van der Waals surface area contributed by atoms with Crippen molar-refractivity contribution in [2.45, 2.75) is 13.2 Å². The second-order valence-corrected chi connectivity index (χ2v) is 4.22. The molecule has 0 saturated carbocycles. The summed E-state index contributed by atoms with van der Waals surface area (Å²) in [4.78, 5) is 14.1. The molecule has 20 heavy (non-hydrogen) atoms. The standard InChI is InChI=1S/C7H13NO2.C6H15NO3/c1-5-7(9)10-6(2)8(3)4;8-4-1-7(2-5-9)3-6-10/h5-6H,1H2,2-4H3;8-10H,1-6H2. The minimum Gasteiger partial charge on any atom is -0.444 e. The summed E-state index contributed by atoms with van der Waals surface area (Å²) in [5, 5.41) is 25.5. The summed E-state index contributed by atoms with van der Waals surface area (Å²) in [6.45, 7) is 6.83. The highest BCUT2D eigenvalue weighted by atomic mass is 16.6. The highest BCUT2D eigenvalue weighted by Gasteiger charge is 2.06. The third kappa shape index (κ3) is 13.4. The van der Waals surface area contributed by atoms with E-state index in [4.69, 9.17) is 20.1 Å². The summed E-state index contributed by atoms with van der Waals surface area (Å²) >= 11 is 0. The van der Waals surface area contributed by atoms with Gasteiger partial charge in [-0.2, -0.15) is 0 Å². The number of rotatable bonds is 9. The number of aliphatic hydroxyl groups is 3. The van der Waals surface area contributed by atoms with Crippen molar-refractivity contribution in [3.05, 3.63) is 12.7 Å². The molecule has 3 N–H and O–H groups in total. The molecular formula is C13H28N2O5. The van der Waals surface area contributed by atoms with Gasteiger partial charge in [-0.15, -0.1) is 0 Å². The molecule has 0 aliphatic heterocycles. The Balaban J connectivity index is 0. The Kier molecular flexibility index (Phi) is 15.4. The molecule has 0 bridgehead atoms. The maximum Gasteiger partial charge on any atom is 0.331 e. The van der Waals surface area contributed by atoms with Gasteiger partial charge in [-0.05, 0) is 21.0 Å². The fourth-order valence-electron chi connectivity index (χ4n) is 1.08. The van der Waals surface area contributed by atoms with Gasteiger partial charge in [0.1, 0.15) is 0 Å². The van der Waals surface area contributed by atoms with Gasteiger partial charge in [0.15, 0.2) is 6.23 Å². The van der Waals surface area contributed by atoms with E-state index in [0.29, 0.717) is 19.6 Å². The van der Waals surface area contributed by atoms with E-state index in [1.807, 2.05) is 14.1 Å². The summed E-state index contributed by atoms with van der Waals surface area (Å²) in [5.74, 6) is -0.388. The van der Waals surface area contributed by atoms with Crippen LogP contribution < -0.4 is 0 Å². The number of aliphatic hydroxyl groups excluding tert-OH is 3. The van der Waals surface area contributed by atoms with E-state index in [0.717, 1.165) is 6.08 Å². The van der Waals surface area contributed by atoms with Crippen molar-refractivity contribution in [1.29, 1.82) is 0 Å². The van der Waals surface area contributed by atoms with Crippen LogP contribution in [0.25, 0.3) is 0 Å². The average molecular weight is 292 g/mol. The molecule has 120 valence electrons. The van der Waals surface area contributed by atoms with Gasteiger partial charge in [0.2, 0.25) is 0 Å². The van der Waals surface area contributed by atoms with Crippen LogP contribution in [-0.4, -0.2) is 90.9 Å². The molecule has 0 fully saturated rings. The third-order valence-electron chi connectivity index (χ3n) is 2.43. The lowest BCUT2D eigenvalue weighted by Crippen LogP contribution is -2.32. The van der Waals surface area contributed by atoms with Crippen molar-refractivity contribution >= 4 is 5.97 Å². The van der Waals surface area contributed by atoms with Crippen LogP contribution in [0.2, 0.25) is 0 Å². The summed E-state index contributed by atoms with van der Waals surface area (Å²) in [6, 6.07) is 0. The molecule has 7 nitrogen and oxygen atoms in total. The fraction of sp³-hybridized carbons (Fsp3) is 0.769. The van der Waals surface area contributed by atoms with Crippen LogP contribution in [0.15, 0.2) is 12.7 Å². The molecule has 0 spiro atoms. The van der Waals surface area contributed by atoms with Crippen LogP contribution in [0.3, 0.4) is 0 Å². The SMILES string of the molecule is C=CC(=O)OC(C)N(C)C.OCCN(CCO)CCO. The molecule has 0 heterocycles. The average Bonchev–Trinajstić information content (AvgIpc) is 2.40. The lowest BCUT2D eigenvalue weighted by atomic mass is 10.4. The number of hydrogen-bond acceptors (Lipinski definition) is 7. The largest absolute Gasteiger partial charge is 0.444 e. The molecule has 7 heteroatoms. The first-order valence-electron chi connectivity index (χ1n) is 6.47. The molecule has 0 aromatic heterocycles. The van der Waals surface area contributed by atoms with E-state index in [2.05, 4.69) is 6.58 Å². The van der Waals surface area contributed by atoms with Crippen LogP contribution in [-0.2, 0) is 9.53 Å². The van der Waals surface area contributed by atoms with Crippen molar-refractivity contribution in [3.63, 3.8) is 0 Å². The van der Waals surface area contributed by atoms with E-state index >= 15 is 0 Å². The molecule has 0 aromatic rings. The Morgan fingerprint density at radius 3 is 1.80 bits per heavy atom. The fourth-order valence-corrected chi connectivity index (χ4v) is 1.08. The zero-order valence-electron chi connectivity index (χ0n) is 12.7. The van der Waals surface area contributed by atoms with Gasteiger partial charge >= 0.3 is 5.97 Å². The second-order valence-electron chi connectivity index (χ2n) is 4.22. The van der Waals surface area contributed by atoms with E-state index in [-0.39, 0.29) is 32.0 Å². The van der Waals surface area contributed by atoms with Gasteiger partial charge in [0, 0.05) is 25.7 Å². The first kappa shape index (κ1) is 21.3. The number of ether oxygens (including phenoxy) is 1. The first-order valence-corrected chi connectivity index (χ1v) is 6.47. The van der Waals surface area contributed by atoms with Crippen molar-refractivity contribution in [2.75, 3.05) is 53.6 Å². The van der Waals surface area contributed by atoms with Gasteiger partial charge in [0.05, 0.1) is 19.8 Å². The van der Waals surface area contributed by atoms with Crippen molar-refractivity contribution in [1.82, 2.24) is 9.80 Å². The van der Waals surface area contributed by atoms with Crippen molar-refractivity contribution in [2.24, 2.45) is 0 Å². The Morgan fingerprint density at radius 1 is 1.15 bits per heavy atom. The normalized spacial score (nSPS) is 11.8. The number of nitrogens with zero attached hydrogens (tertiary/aromatic N) is 2.